The Kier molecular flexibility index (Phi) is 6.92. The molecule has 10 heteroatoms. The van der Waals surface area contributed by atoms with Crippen LogP contribution >= 0.6 is 11.8 Å². The number of fused-ring (bicyclic) bond motifs is 3. The standard InChI is InChI=1S/C29H24N4O5S/c1-35-26-14-22-21-11-5-6-12-24(21)38-25(22)15-23(26)30-28(34)18-39-29-32-31-27(17-37-19-8-3-2-4-9-19)33(29)16-20-10-7-13-36-20/h2-15H,16-18H2,1H3,(H,30,34). The summed E-state index contributed by atoms with van der Waals surface area (Å²) in [5.74, 6) is 2.53. The molecule has 1 amide bonds. The van der Waals surface area contributed by atoms with Crippen molar-refractivity contribution in [3.8, 4) is 11.5 Å². The van der Waals surface area contributed by atoms with Crippen LogP contribution in [0.3, 0.4) is 0 Å². The average molecular weight is 541 g/mol. The maximum atomic E-state index is 13.0. The second kappa shape index (κ2) is 11.0. The zero-order chi connectivity index (χ0) is 26.6. The molecule has 39 heavy (non-hydrogen) atoms. The van der Waals surface area contributed by atoms with Gasteiger partial charge in [0.05, 0.1) is 31.4 Å². The first kappa shape index (κ1) is 24.6. The van der Waals surface area contributed by atoms with Crippen molar-refractivity contribution in [1.29, 1.82) is 0 Å². The van der Waals surface area contributed by atoms with E-state index in [1.165, 1.54) is 11.8 Å². The van der Waals surface area contributed by atoms with E-state index in [0.717, 1.165) is 27.9 Å². The van der Waals surface area contributed by atoms with Gasteiger partial charge in [-0.15, -0.1) is 10.2 Å². The number of nitrogens with zero attached hydrogens (tertiary/aromatic N) is 3. The number of carbonyl (C=O) groups excluding carboxylic acids is 1. The van der Waals surface area contributed by atoms with Gasteiger partial charge in [-0.25, -0.2) is 0 Å². The molecule has 3 heterocycles. The topological polar surface area (TPSA) is 105 Å². The lowest BCUT2D eigenvalue weighted by Crippen LogP contribution is -2.16. The summed E-state index contributed by atoms with van der Waals surface area (Å²) in [6.07, 6.45) is 1.62. The van der Waals surface area contributed by atoms with Gasteiger partial charge >= 0.3 is 0 Å². The van der Waals surface area contributed by atoms with E-state index in [9.17, 15) is 4.79 Å². The molecule has 0 aliphatic heterocycles. The minimum absolute atomic E-state index is 0.108. The Labute approximate surface area is 227 Å². The highest BCUT2D eigenvalue weighted by Crippen LogP contribution is 2.36. The Morgan fingerprint density at radius 3 is 2.64 bits per heavy atom. The lowest BCUT2D eigenvalue weighted by atomic mass is 10.1. The van der Waals surface area contributed by atoms with Crippen LogP contribution in [0.4, 0.5) is 5.69 Å². The SMILES string of the molecule is COc1cc2c(cc1NC(=O)CSc1nnc(COc3ccccc3)n1Cc1ccco1)oc1ccccc12. The van der Waals surface area contributed by atoms with Crippen molar-refractivity contribution < 1.29 is 23.1 Å². The molecule has 0 spiro atoms. The first-order valence-corrected chi connectivity index (χ1v) is 13.2. The van der Waals surface area contributed by atoms with E-state index < -0.39 is 0 Å². The van der Waals surface area contributed by atoms with E-state index in [-0.39, 0.29) is 18.3 Å². The van der Waals surface area contributed by atoms with Crippen molar-refractivity contribution in [1.82, 2.24) is 14.8 Å². The molecule has 0 unspecified atom stereocenters. The first-order chi connectivity index (χ1) is 19.2. The highest BCUT2D eigenvalue weighted by atomic mass is 32.2. The monoisotopic (exact) mass is 540 g/mol. The van der Waals surface area contributed by atoms with Gasteiger partial charge in [0.2, 0.25) is 5.91 Å². The molecular weight excluding hydrogens is 516 g/mol. The van der Waals surface area contributed by atoms with Gasteiger partial charge in [0.1, 0.15) is 35.0 Å². The minimum atomic E-state index is -0.219. The second-order valence-corrected chi connectivity index (χ2v) is 9.59. The van der Waals surface area contributed by atoms with E-state index in [0.29, 0.717) is 34.5 Å². The Morgan fingerprint density at radius 2 is 1.82 bits per heavy atom. The number of benzene rings is 3. The van der Waals surface area contributed by atoms with Crippen LogP contribution < -0.4 is 14.8 Å². The summed E-state index contributed by atoms with van der Waals surface area (Å²) in [5, 5.41) is 14.1. The number of nitrogens with one attached hydrogen (secondary N) is 1. The molecule has 0 atom stereocenters. The van der Waals surface area contributed by atoms with Crippen LogP contribution in [0.1, 0.15) is 11.6 Å². The largest absolute Gasteiger partial charge is 0.495 e. The van der Waals surface area contributed by atoms with Gasteiger partial charge in [-0.1, -0.05) is 48.2 Å². The molecule has 3 aromatic heterocycles. The van der Waals surface area contributed by atoms with Gasteiger partial charge in [0.15, 0.2) is 11.0 Å². The molecule has 6 aromatic rings. The van der Waals surface area contributed by atoms with Crippen LogP contribution in [0.25, 0.3) is 21.9 Å². The number of methoxy groups -OCH3 is 1. The zero-order valence-corrected chi connectivity index (χ0v) is 21.8. The average Bonchev–Trinajstić information content (AvgIpc) is 3.70. The summed E-state index contributed by atoms with van der Waals surface area (Å²) in [5.41, 5.74) is 1.97. The molecule has 1 N–H and O–H groups in total. The minimum Gasteiger partial charge on any atom is -0.495 e. The number of anilines is 1. The van der Waals surface area contributed by atoms with Crippen LogP contribution in [0.5, 0.6) is 11.5 Å². The van der Waals surface area contributed by atoms with Gasteiger partial charge in [0.25, 0.3) is 0 Å². The lowest BCUT2D eigenvalue weighted by Gasteiger charge is -2.11. The van der Waals surface area contributed by atoms with Crippen molar-refractivity contribution >= 4 is 45.3 Å². The summed E-state index contributed by atoms with van der Waals surface area (Å²) in [4.78, 5) is 13.0. The number of furan rings is 2. The fourth-order valence-corrected chi connectivity index (χ4v) is 5.01. The smallest absolute Gasteiger partial charge is 0.234 e. The number of hydrogen-bond donors (Lipinski definition) is 1. The lowest BCUT2D eigenvalue weighted by molar-refractivity contribution is -0.113. The summed E-state index contributed by atoms with van der Waals surface area (Å²) < 4.78 is 24.9. The highest BCUT2D eigenvalue weighted by molar-refractivity contribution is 7.99. The summed E-state index contributed by atoms with van der Waals surface area (Å²) in [6, 6.07) is 24.7. The van der Waals surface area contributed by atoms with Gasteiger partial charge in [-0.2, -0.15) is 0 Å². The van der Waals surface area contributed by atoms with Crippen molar-refractivity contribution in [2.45, 2.75) is 18.3 Å². The van der Waals surface area contributed by atoms with Gasteiger partial charge < -0.3 is 23.6 Å². The molecule has 0 fully saturated rings. The van der Waals surface area contributed by atoms with E-state index in [4.69, 9.17) is 18.3 Å². The zero-order valence-electron chi connectivity index (χ0n) is 21.0. The summed E-state index contributed by atoms with van der Waals surface area (Å²) >= 11 is 1.28. The fourth-order valence-electron chi connectivity index (χ4n) is 4.25. The molecule has 9 nitrogen and oxygen atoms in total. The third-order valence-corrected chi connectivity index (χ3v) is 7.07. The molecule has 0 saturated carbocycles. The third kappa shape index (κ3) is 5.32. The van der Waals surface area contributed by atoms with E-state index in [1.807, 2.05) is 77.4 Å². The van der Waals surface area contributed by atoms with Crippen LogP contribution in [0.2, 0.25) is 0 Å². The number of ether oxygens (including phenoxy) is 2. The molecule has 0 aliphatic carbocycles. The van der Waals surface area contributed by atoms with Crippen molar-refractivity contribution in [3.63, 3.8) is 0 Å². The fraction of sp³-hybridized carbons (Fsp3) is 0.138. The quantitative estimate of drug-likeness (QED) is 0.207. The third-order valence-electron chi connectivity index (χ3n) is 6.10. The predicted molar refractivity (Wildman–Crippen MR) is 148 cm³/mol. The molecule has 0 bridgehead atoms. The van der Waals surface area contributed by atoms with Crippen molar-refractivity contribution in [2.75, 3.05) is 18.2 Å². The molecule has 196 valence electrons. The van der Waals surface area contributed by atoms with Crippen molar-refractivity contribution in [2.24, 2.45) is 0 Å². The Morgan fingerprint density at radius 1 is 0.974 bits per heavy atom. The van der Waals surface area contributed by atoms with Gasteiger partial charge in [-0.05, 0) is 36.4 Å². The van der Waals surface area contributed by atoms with Crippen LogP contribution in [0.15, 0.2) is 99.1 Å². The number of amides is 1. The summed E-state index contributed by atoms with van der Waals surface area (Å²) in [6.45, 7) is 0.632. The molecule has 0 radical (unpaired) electrons. The number of thioether (sulfide) groups is 1. The van der Waals surface area contributed by atoms with Crippen LogP contribution in [0, 0.1) is 0 Å². The predicted octanol–water partition coefficient (Wildman–Crippen LogP) is 6.14. The normalized spacial score (nSPS) is 11.2. The van der Waals surface area contributed by atoms with E-state index in [2.05, 4.69) is 15.5 Å². The maximum Gasteiger partial charge on any atom is 0.234 e. The second-order valence-electron chi connectivity index (χ2n) is 8.65. The first-order valence-electron chi connectivity index (χ1n) is 12.2. The number of aromatic nitrogens is 3. The van der Waals surface area contributed by atoms with E-state index >= 15 is 0 Å². The number of carbonyl (C=O) groups is 1. The summed E-state index contributed by atoms with van der Waals surface area (Å²) in [7, 11) is 1.57. The molecule has 0 saturated heterocycles. The van der Waals surface area contributed by atoms with Crippen LogP contribution in [-0.4, -0.2) is 33.5 Å². The Hall–Kier alpha value is -4.70. The molecular formula is C29H24N4O5S. The number of rotatable bonds is 10. The molecule has 0 aliphatic rings. The molecule has 6 rings (SSSR count). The van der Waals surface area contributed by atoms with Crippen molar-refractivity contribution in [3.05, 3.63) is 96.7 Å². The van der Waals surface area contributed by atoms with Gasteiger partial charge in [-0.3, -0.25) is 9.36 Å². The number of hydrogen-bond acceptors (Lipinski definition) is 8. The van der Waals surface area contributed by atoms with E-state index in [1.54, 1.807) is 19.4 Å². The van der Waals surface area contributed by atoms with Gasteiger partial charge in [0, 0.05) is 16.8 Å². The Bertz CT molecular complexity index is 1730. The van der Waals surface area contributed by atoms with Crippen LogP contribution in [-0.2, 0) is 17.9 Å². The maximum absolute atomic E-state index is 13.0. The molecule has 3 aromatic carbocycles. The highest BCUT2D eigenvalue weighted by Gasteiger charge is 2.18. The Balaban J connectivity index is 1.18. The number of para-hydroxylation sites is 2.